The number of nitrogens with zero attached hydrogens (tertiary/aromatic N) is 1. The molecule has 0 saturated heterocycles. The van der Waals surface area contributed by atoms with Crippen LogP contribution in [0.4, 0.5) is 4.39 Å². The fraction of sp³-hybridized carbons (Fsp3) is 0.458. The molecule has 0 unspecified atom stereocenters. The third kappa shape index (κ3) is 6.62. The van der Waals surface area contributed by atoms with Crippen LogP contribution < -0.4 is 16.2 Å². The Hall–Kier alpha value is -2.82. The van der Waals surface area contributed by atoms with Crippen LogP contribution in [0.5, 0.6) is 5.75 Å². The lowest BCUT2D eigenvalue weighted by atomic mass is 9.77. The molecule has 1 heterocycles. The Balaban J connectivity index is 2.20. The average molecular weight is 494 g/mol. The van der Waals surface area contributed by atoms with Gasteiger partial charge in [-0.2, -0.15) is 0 Å². The molecule has 0 aliphatic heterocycles. The maximum Gasteiger partial charge on any atom is 0.353 e. The molecule has 0 atom stereocenters. The number of carboxylic acid groups (broad SMARTS) is 1. The van der Waals surface area contributed by atoms with Gasteiger partial charge in [0.15, 0.2) is 11.6 Å². The van der Waals surface area contributed by atoms with Gasteiger partial charge in [-0.3, -0.25) is 9.59 Å². The smallest absolute Gasteiger partial charge is 0.353 e. The summed E-state index contributed by atoms with van der Waals surface area (Å²) in [6, 6.07) is 7.22. The van der Waals surface area contributed by atoms with E-state index in [0.29, 0.717) is 37.8 Å². The molecular formula is C24H32FN3O5S. The number of aliphatic carboxylic acids is 1. The molecule has 8 nitrogen and oxygen atoms in total. The molecule has 0 radical (unpaired) electrons. The van der Waals surface area contributed by atoms with Crippen LogP contribution >= 0.6 is 11.3 Å². The third-order valence-electron chi connectivity index (χ3n) is 5.83. The summed E-state index contributed by atoms with van der Waals surface area (Å²) < 4.78 is 19.5. The van der Waals surface area contributed by atoms with Crippen LogP contribution in [0.25, 0.3) is 0 Å². The number of thiophene rings is 1. The number of ether oxygens (including phenoxy) is 1. The van der Waals surface area contributed by atoms with Crippen molar-refractivity contribution < 1.29 is 28.6 Å². The number of hydrogen-bond acceptors (Lipinski definition) is 7. The summed E-state index contributed by atoms with van der Waals surface area (Å²) in [6.45, 7) is 5.69. The monoisotopic (exact) mass is 493 g/mol. The third-order valence-corrected chi connectivity index (χ3v) is 6.90. The van der Waals surface area contributed by atoms with Crippen molar-refractivity contribution >= 4 is 29.2 Å². The zero-order chi connectivity index (χ0) is 25.5. The number of rotatable bonds is 12. The molecule has 34 heavy (non-hydrogen) atoms. The van der Waals surface area contributed by atoms with Gasteiger partial charge in [0.1, 0.15) is 11.4 Å². The van der Waals surface area contributed by atoms with Crippen LogP contribution in [-0.4, -0.2) is 40.9 Å². The fourth-order valence-corrected chi connectivity index (χ4v) is 4.80. The molecule has 0 saturated carbocycles. The van der Waals surface area contributed by atoms with E-state index < -0.39 is 29.3 Å². The number of esters is 1. The van der Waals surface area contributed by atoms with Crippen molar-refractivity contribution in [1.29, 1.82) is 0 Å². The molecule has 2 aromatic rings. The molecule has 0 bridgehead atoms. The number of nitrogens with two attached hydrogens (primary N) is 2. The molecule has 2 rings (SSSR count). The maximum absolute atomic E-state index is 14.3. The minimum Gasteiger partial charge on any atom is -0.480 e. The SMILES string of the molecule is CCCN(CC(=O)O)C(=O)C(CC)(CC)Cc1ccc(C(=O)Oc2ccc(C(N)N)cc2F)s1. The van der Waals surface area contributed by atoms with Crippen molar-refractivity contribution in [3.8, 4) is 5.75 Å². The Kier molecular flexibility index (Phi) is 9.72. The van der Waals surface area contributed by atoms with E-state index in [9.17, 15) is 23.9 Å². The minimum atomic E-state index is -1.06. The summed E-state index contributed by atoms with van der Waals surface area (Å²) in [5.74, 6) is -2.97. The van der Waals surface area contributed by atoms with Gasteiger partial charge in [-0.15, -0.1) is 11.3 Å². The highest BCUT2D eigenvalue weighted by molar-refractivity contribution is 7.14. The van der Waals surface area contributed by atoms with Crippen LogP contribution in [0, 0.1) is 11.2 Å². The van der Waals surface area contributed by atoms with Crippen molar-refractivity contribution in [3.05, 3.63) is 51.5 Å². The summed E-state index contributed by atoms with van der Waals surface area (Å²) in [5.41, 5.74) is 10.6. The van der Waals surface area contributed by atoms with Gasteiger partial charge in [0, 0.05) is 11.4 Å². The lowest BCUT2D eigenvalue weighted by molar-refractivity contribution is -0.150. The number of benzene rings is 1. The second-order valence-electron chi connectivity index (χ2n) is 8.16. The van der Waals surface area contributed by atoms with Gasteiger partial charge in [0.25, 0.3) is 0 Å². The first kappa shape index (κ1) is 27.4. The molecule has 186 valence electrons. The molecule has 1 amide bonds. The summed E-state index contributed by atoms with van der Waals surface area (Å²) in [6.07, 6.45) is 1.18. The largest absolute Gasteiger partial charge is 0.480 e. The van der Waals surface area contributed by atoms with Crippen molar-refractivity contribution in [3.63, 3.8) is 0 Å². The van der Waals surface area contributed by atoms with Crippen molar-refractivity contribution in [1.82, 2.24) is 4.90 Å². The summed E-state index contributed by atoms with van der Waals surface area (Å²) in [5, 5.41) is 9.23. The van der Waals surface area contributed by atoms with Crippen molar-refractivity contribution in [2.75, 3.05) is 13.1 Å². The standard InChI is InChI=1S/C24H32FN3O5S/c1-4-11-28(14-20(29)30)23(32)24(5-2,6-3)13-16-8-10-19(34-16)22(31)33-18-9-7-15(21(26)27)12-17(18)25/h7-10,12,21H,4-6,11,13-14,26-27H2,1-3H3,(H,29,30). The molecule has 0 spiro atoms. The number of halogens is 1. The number of carbonyl (C=O) groups excluding carboxylic acids is 2. The number of amides is 1. The first-order valence-electron chi connectivity index (χ1n) is 11.2. The lowest BCUT2D eigenvalue weighted by Crippen LogP contribution is -2.47. The van der Waals surface area contributed by atoms with Gasteiger partial charge in [-0.25, -0.2) is 9.18 Å². The van der Waals surface area contributed by atoms with E-state index in [2.05, 4.69) is 0 Å². The maximum atomic E-state index is 14.3. The molecule has 1 aromatic heterocycles. The van der Waals surface area contributed by atoms with Crippen LogP contribution in [0.3, 0.4) is 0 Å². The molecule has 0 aliphatic carbocycles. The average Bonchev–Trinajstić information content (AvgIpc) is 3.26. The Labute approximate surface area is 202 Å². The van der Waals surface area contributed by atoms with Gasteiger partial charge >= 0.3 is 11.9 Å². The number of carbonyl (C=O) groups is 3. The first-order chi connectivity index (χ1) is 16.1. The first-order valence-corrected chi connectivity index (χ1v) is 12.0. The zero-order valence-corrected chi connectivity index (χ0v) is 20.5. The summed E-state index contributed by atoms with van der Waals surface area (Å²) in [7, 11) is 0. The lowest BCUT2D eigenvalue weighted by Gasteiger charge is -2.35. The minimum absolute atomic E-state index is 0.209. The van der Waals surface area contributed by atoms with E-state index in [-0.39, 0.29) is 23.1 Å². The Morgan fingerprint density at radius 1 is 1.15 bits per heavy atom. The normalized spacial score (nSPS) is 11.5. The summed E-state index contributed by atoms with van der Waals surface area (Å²) >= 11 is 1.16. The number of carboxylic acids is 1. The van der Waals surface area contributed by atoms with Gasteiger partial charge in [-0.05, 0) is 55.5 Å². The van der Waals surface area contributed by atoms with E-state index in [1.807, 2.05) is 20.8 Å². The van der Waals surface area contributed by atoms with Crippen LogP contribution in [0.15, 0.2) is 30.3 Å². The topological polar surface area (TPSA) is 136 Å². The second kappa shape index (κ2) is 12.0. The van der Waals surface area contributed by atoms with Crippen molar-refractivity contribution in [2.45, 2.75) is 52.6 Å². The van der Waals surface area contributed by atoms with Crippen LogP contribution in [-0.2, 0) is 16.0 Å². The molecule has 0 aliphatic rings. The van der Waals surface area contributed by atoms with Gasteiger partial charge in [0.2, 0.25) is 5.91 Å². The molecule has 1 aromatic carbocycles. The fourth-order valence-electron chi connectivity index (χ4n) is 3.77. The van der Waals surface area contributed by atoms with E-state index >= 15 is 0 Å². The predicted octanol–water partition coefficient (Wildman–Crippen LogP) is 3.69. The highest BCUT2D eigenvalue weighted by Gasteiger charge is 2.39. The van der Waals surface area contributed by atoms with Gasteiger partial charge < -0.3 is 26.2 Å². The van der Waals surface area contributed by atoms with E-state index in [0.717, 1.165) is 22.3 Å². The molecule has 5 N–H and O–H groups in total. The van der Waals surface area contributed by atoms with Crippen molar-refractivity contribution in [2.24, 2.45) is 16.9 Å². The highest BCUT2D eigenvalue weighted by atomic mass is 32.1. The van der Waals surface area contributed by atoms with Crippen LogP contribution in [0.1, 0.15) is 66.3 Å². The Morgan fingerprint density at radius 3 is 2.35 bits per heavy atom. The quantitative estimate of drug-likeness (QED) is 0.233. The predicted molar refractivity (Wildman–Crippen MR) is 128 cm³/mol. The van der Waals surface area contributed by atoms with Gasteiger partial charge in [-0.1, -0.05) is 26.8 Å². The molecular weight excluding hydrogens is 461 g/mol. The molecule has 0 fully saturated rings. The zero-order valence-electron chi connectivity index (χ0n) is 19.7. The second-order valence-corrected chi connectivity index (χ2v) is 9.32. The van der Waals surface area contributed by atoms with E-state index in [1.54, 1.807) is 12.1 Å². The summed E-state index contributed by atoms with van der Waals surface area (Å²) in [4.78, 5) is 39.7. The van der Waals surface area contributed by atoms with Crippen LogP contribution in [0.2, 0.25) is 0 Å². The van der Waals surface area contributed by atoms with E-state index in [1.165, 1.54) is 17.0 Å². The Bertz CT molecular complexity index is 1020. The highest BCUT2D eigenvalue weighted by Crippen LogP contribution is 2.36. The van der Waals surface area contributed by atoms with Gasteiger partial charge in [0.05, 0.1) is 11.6 Å². The van der Waals surface area contributed by atoms with E-state index in [4.69, 9.17) is 16.2 Å². The Morgan fingerprint density at radius 2 is 1.82 bits per heavy atom. The molecule has 10 heteroatoms. The number of hydrogen-bond donors (Lipinski definition) is 3.